The summed E-state index contributed by atoms with van der Waals surface area (Å²) in [6, 6.07) is 186. The third-order valence-corrected chi connectivity index (χ3v) is 32.3. The molecule has 33 rings (SSSR count). The number of anilines is 9. The molecule has 4 nitrogen and oxygen atoms in total. The predicted molar refractivity (Wildman–Crippen MR) is 582 cm³/mol. The lowest BCUT2D eigenvalue weighted by Crippen LogP contribution is -2.23. The second kappa shape index (κ2) is 29.4. The minimum Gasteiger partial charge on any atom is -0.456 e. The van der Waals surface area contributed by atoms with E-state index in [0.717, 1.165) is 73.1 Å². The number of hydrogen-bond donors (Lipinski definition) is 0. The lowest BCUT2D eigenvalue weighted by atomic mass is 9.73. The Morgan fingerprint density at radius 3 is 0.879 bits per heavy atom. The molecule has 0 bridgehead atoms. The zero-order chi connectivity index (χ0) is 92.1. The first-order valence-electron chi connectivity index (χ1n) is 49.2. The Morgan fingerprint density at radius 2 is 0.433 bits per heavy atom. The summed E-state index contributed by atoms with van der Waals surface area (Å²) in [5.74, 6) is 0. The van der Waals surface area contributed by atoms with Gasteiger partial charge < -0.3 is 19.1 Å². The van der Waals surface area contributed by atoms with Gasteiger partial charge in [-0.1, -0.05) is 394 Å². The Balaban J connectivity index is 0.0000000973. The molecule has 0 amide bonds. The highest BCUT2D eigenvalue weighted by Crippen LogP contribution is 2.74. The first-order valence-corrected chi connectivity index (χ1v) is 49.2. The van der Waals surface area contributed by atoms with Gasteiger partial charge >= 0.3 is 0 Å². The van der Waals surface area contributed by atoms with E-state index in [1.165, 1.54) is 211 Å². The second-order valence-corrected chi connectivity index (χ2v) is 38.8. The van der Waals surface area contributed by atoms with Crippen molar-refractivity contribution < 1.29 is 4.42 Å². The summed E-state index contributed by atoms with van der Waals surface area (Å²) in [4.78, 5) is 7.28. The highest BCUT2D eigenvalue weighted by atomic mass is 16.3. The number of fused-ring (bicyclic) bond motifs is 20. The molecule has 3 unspecified atom stereocenters. The Labute approximate surface area is 816 Å². The van der Waals surface area contributed by atoms with Gasteiger partial charge in [-0.05, 0) is 309 Å². The maximum atomic E-state index is 6.34. The number of para-hydroxylation sites is 6. The summed E-state index contributed by atoms with van der Waals surface area (Å²) in [5, 5.41) is 7.26. The molecular weight excluding hydrogens is 1700 g/mol. The minimum atomic E-state index is -0.277. The molecule has 0 aliphatic heterocycles. The van der Waals surface area contributed by atoms with E-state index in [4.69, 9.17) is 4.42 Å². The second-order valence-electron chi connectivity index (χ2n) is 38.8. The third kappa shape index (κ3) is 10.4. The minimum absolute atomic E-state index is 0.275. The molecule has 0 fully saturated rings. The predicted octanol–water partition coefficient (Wildman–Crippen LogP) is 36.0. The average Bonchev–Trinajstić information content (AvgIpc) is 1.49. The van der Waals surface area contributed by atoms with Gasteiger partial charge in [0.25, 0.3) is 0 Å². The van der Waals surface area contributed by atoms with Crippen LogP contribution < -0.4 is 14.7 Å². The van der Waals surface area contributed by atoms with Gasteiger partial charge in [0.1, 0.15) is 11.2 Å². The van der Waals surface area contributed by atoms with Crippen molar-refractivity contribution in [2.24, 2.45) is 0 Å². The van der Waals surface area contributed by atoms with Crippen LogP contribution in [0.5, 0.6) is 0 Å². The zero-order valence-corrected chi connectivity index (χ0v) is 76.7. The van der Waals surface area contributed by atoms with Crippen LogP contribution in [0, 0.1) is 0 Å². The molecule has 0 saturated heterocycles. The Hall–Kier alpha value is -18.2. The van der Waals surface area contributed by atoms with Gasteiger partial charge in [0.05, 0.1) is 38.7 Å². The monoisotopic (exact) mass is 1790 g/mol. The highest BCUT2D eigenvalue weighted by Gasteiger charge is 2.61. The molecule has 141 heavy (non-hydrogen) atoms. The summed E-state index contributed by atoms with van der Waals surface area (Å²) in [7, 11) is 0. The van der Waals surface area contributed by atoms with Crippen LogP contribution in [0.1, 0.15) is 66.8 Å². The van der Waals surface area contributed by atoms with Gasteiger partial charge in [0, 0.05) is 50.6 Å². The Morgan fingerprint density at radius 1 is 0.149 bits per heavy atom. The molecule has 3 spiro atoms. The normalized spacial score (nSPS) is 15.7. The fourth-order valence-electron chi connectivity index (χ4n) is 27.2. The summed E-state index contributed by atoms with van der Waals surface area (Å²) in [5.41, 5.74) is 57.6. The van der Waals surface area contributed by atoms with Crippen molar-refractivity contribution in [2.45, 2.75) is 16.2 Å². The summed E-state index contributed by atoms with van der Waals surface area (Å²) >= 11 is 0. The van der Waals surface area contributed by atoms with E-state index in [1.54, 1.807) is 0 Å². The fourth-order valence-corrected chi connectivity index (χ4v) is 27.2. The maximum Gasteiger partial charge on any atom is 0.137 e. The van der Waals surface area contributed by atoms with Gasteiger partial charge in [-0.3, -0.25) is 0 Å². The first kappa shape index (κ1) is 78.0. The van der Waals surface area contributed by atoms with Gasteiger partial charge in [0.15, 0.2) is 0 Å². The van der Waals surface area contributed by atoms with Crippen molar-refractivity contribution in [1.29, 1.82) is 0 Å². The van der Waals surface area contributed by atoms with E-state index in [-0.39, 0.29) is 16.2 Å². The van der Waals surface area contributed by atoms with Gasteiger partial charge in [-0.15, -0.1) is 0 Å². The lowest BCUT2D eigenvalue weighted by Gasteiger charge is -2.30. The SMILES string of the molecule is c1ccc(N(c2ccc3c(c2)-c2cccc4c2C32c3ccccc3-c3cccc-4c32)c2cccc3oc4ccccc4c23)cc1.c1ccc(N(c2ccc3c(c2)-c2cccc4c2C32c3ccccc3-c3cccc-4c32)c2ccccc2-c2ccc3ccccc3c2)cc1.c1ccc(N(c2ccc3c(c2)-c2cccc4c2C32c3ccccc3-c3cccc-4c32)c2ccccc2-c2cccc3ccccc23)cc1. The smallest absolute Gasteiger partial charge is 0.137 e. The van der Waals surface area contributed by atoms with E-state index in [9.17, 15) is 0 Å². The van der Waals surface area contributed by atoms with Crippen LogP contribution in [0.15, 0.2) is 508 Å². The number of nitrogens with zero attached hydrogens (tertiary/aromatic N) is 3. The zero-order valence-electron chi connectivity index (χ0n) is 76.7. The molecule has 1 aromatic heterocycles. The molecule has 652 valence electrons. The van der Waals surface area contributed by atoms with E-state index < -0.39 is 0 Å². The molecular formula is C137H83N3O. The summed E-state index contributed by atoms with van der Waals surface area (Å²) in [6.07, 6.45) is 0. The third-order valence-electron chi connectivity index (χ3n) is 32.3. The van der Waals surface area contributed by atoms with Crippen LogP contribution in [-0.4, -0.2) is 0 Å². The topological polar surface area (TPSA) is 22.9 Å². The molecule has 0 saturated carbocycles. The van der Waals surface area contributed by atoms with Crippen molar-refractivity contribution in [3.63, 3.8) is 0 Å². The summed E-state index contributed by atoms with van der Waals surface area (Å²) < 4.78 is 6.34. The average molecular weight is 1790 g/mol. The Bertz CT molecular complexity index is 9500. The van der Waals surface area contributed by atoms with Gasteiger partial charge in [-0.25, -0.2) is 0 Å². The molecule has 1 heterocycles. The van der Waals surface area contributed by atoms with Crippen molar-refractivity contribution in [3.05, 3.63) is 570 Å². The van der Waals surface area contributed by atoms with Crippen LogP contribution in [0.2, 0.25) is 0 Å². The van der Waals surface area contributed by atoms with Crippen LogP contribution in [0.4, 0.5) is 51.2 Å². The Kier molecular flexibility index (Phi) is 16.3. The highest BCUT2D eigenvalue weighted by molar-refractivity contribution is 6.16. The first-order chi connectivity index (χ1) is 70.0. The van der Waals surface area contributed by atoms with Crippen LogP contribution in [0.25, 0.3) is 166 Å². The lowest BCUT2D eigenvalue weighted by molar-refractivity contribution is 0.669. The molecule has 0 N–H and O–H groups in total. The molecule has 24 aromatic rings. The van der Waals surface area contributed by atoms with Crippen LogP contribution in [0.3, 0.4) is 0 Å². The summed E-state index contributed by atoms with van der Waals surface area (Å²) in [6.45, 7) is 0. The number of benzene rings is 23. The van der Waals surface area contributed by atoms with Crippen molar-refractivity contribution >= 4 is 94.7 Å². The van der Waals surface area contributed by atoms with Crippen molar-refractivity contribution in [3.8, 4) is 122 Å². The van der Waals surface area contributed by atoms with E-state index in [2.05, 4.69) is 512 Å². The molecule has 0 radical (unpaired) electrons. The number of hydrogen-bond acceptors (Lipinski definition) is 4. The van der Waals surface area contributed by atoms with E-state index >= 15 is 0 Å². The van der Waals surface area contributed by atoms with Crippen LogP contribution >= 0.6 is 0 Å². The maximum absolute atomic E-state index is 6.34. The largest absolute Gasteiger partial charge is 0.456 e. The van der Waals surface area contributed by atoms with Crippen LogP contribution in [-0.2, 0) is 16.2 Å². The molecule has 9 aliphatic rings. The molecule has 23 aromatic carbocycles. The standard InChI is InChI=1S/2C47H29N.C43H25NO/c1-2-15-31(16-3-1)48(44-26-9-7-19-36(44)34-20-10-14-30-13-4-5-17-33(30)34)32-27-28-43-41(29-32)40-24-12-23-39-38-22-11-21-37-35-18-6-8-25-42(35)47(43,45(37)38)46(39)40;1-2-14-33(15-3-1)48(44-23-9-7-16-35(44)32-25-24-30-12-4-5-13-31(30)28-32)34-26-27-43-41(29-34)40-21-11-20-39-38-19-10-18-37-36-17-6-8-22-42(36)47(43,45(37)38)46(39)40;1-2-11-26(12-3-1)44(37-20-10-22-39-40(37)33-14-5-7-21-38(33)45-39)27-23-24-36-34(25-27)32-18-9-17-31-30-16-8-15-29-28-13-4-6-19-35(28)43(36,41(29)30)42(31)32/h2*1-29H;1-25H. The van der Waals surface area contributed by atoms with Gasteiger partial charge in [0.2, 0.25) is 0 Å². The van der Waals surface area contributed by atoms with Crippen molar-refractivity contribution in [2.75, 3.05) is 14.7 Å². The van der Waals surface area contributed by atoms with E-state index in [0.29, 0.717) is 0 Å². The number of rotatable bonds is 11. The molecule has 9 aliphatic carbocycles. The quantitative estimate of drug-likeness (QED) is 0.129. The van der Waals surface area contributed by atoms with Gasteiger partial charge in [-0.2, -0.15) is 0 Å². The molecule has 3 atom stereocenters. The van der Waals surface area contributed by atoms with Crippen molar-refractivity contribution in [1.82, 2.24) is 0 Å². The van der Waals surface area contributed by atoms with E-state index in [1.807, 2.05) is 6.07 Å². The molecule has 4 heteroatoms. The number of furan rings is 1. The fraction of sp³-hybridized carbons (Fsp3) is 0.0219.